The maximum Gasteiger partial charge on any atom is 0.0401 e. The molecule has 0 radical (unpaired) electrons. The lowest BCUT2D eigenvalue weighted by molar-refractivity contribution is 0.539. The zero-order valence-electron chi connectivity index (χ0n) is 11.4. The number of benzene rings is 1. The fraction of sp³-hybridized carbons (Fsp3) is 0.625. The van der Waals surface area contributed by atoms with Gasteiger partial charge in [-0.25, -0.2) is 0 Å². The van der Waals surface area contributed by atoms with Crippen molar-refractivity contribution >= 4 is 17.3 Å². The molecule has 1 aromatic carbocycles. The number of nitrogens with zero attached hydrogens (tertiary/aromatic N) is 1. The number of anilines is 1. The van der Waals surface area contributed by atoms with E-state index in [0.29, 0.717) is 6.04 Å². The number of hydrogen-bond donors (Lipinski definition) is 0. The molecule has 0 saturated heterocycles. The van der Waals surface area contributed by atoms with Crippen molar-refractivity contribution in [1.82, 2.24) is 0 Å². The van der Waals surface area contributed by atoms with E-state index in [9.17, 15) is 0 Å². The first-order valence-corrected chi connectivity index (χ1v) is 7.77. The Labute approximate surface area is 116 Å². The van der Waals surface area contributed by atoms with Crippen molar-refractivity contribution in [2.45, 2.75) is 51.5 Å². The van der Waals surface area contributed by atoms with Crippen LogP contribution in [0.3, 0.4) is 0 Å². The molecule has 0 aliphatic carbocycles. The molecule has 1 aliphatic heterocycles. The van der Waals surface area contributed by atoms with E-state index >= 15 is 0 Å². The molecule has 1 unspecified atom stereocenters. The Morgan fingerprint density at radius 2 is 1.94 bits per heavy atom. The number of aryl methyl sites for hydroxylation is 1. The third-order valence-electron chi connectivity index (χ3n) is 3.95. The molecule has 0 bridgehead atoms. The maximum absolute atomic E-state index is 5.71. The topological polar surface area (TPSA) is 3.24 Å². The molecule has 2 rings (SSSR count). The lowest BCUT2D eigenvalue weighted by Crippen LogP contribution is -2.37. The minimum atomic E-state index is 0.688. The summed E-state index contributed by atoms with van der Waals surface area (Å²) in [5, 5.41) is 0. The van der Waals surface area contributed by atoms with Gasteiger partial charge in [-0.2, -0.15) is 0 Å². The van der Waals surface area contributed by atoms with Crippen LogP contribution in [0, 0.1) is 0 Å². The number of rotatable bonds is 6. The van der Waals surface area contributed by atoms with Gasteiger partial charge < -0.3 is 4.90 Å². The summed E-state index contributed by atoms with van der Waals surface area (Å²) in [6.45, 7) is 3.55. The van der Waals surface area contributed by atoms with Gasteiger partial charge in [-0.05, 0) is 44.2 Å². The number of fused-ring (bicyclic) bond motifs is 1. The van der Waals surface area contributed by atoms with E-state index in [1.165, 1.54) is 49.9 Å². The van der Waals surface area contributed by atoms with E-state index in [1.54, 1.807) is 0 Å². The molecular weight excluding hydrogens is 242 g/mol. The first-order valence-electron chi connectivity index (χ1n) is 7.23. The number of hydrogen-bond acceptors (Lipinski definition) is 1. The van der Waals surface area contributed by atoms with Crippen LogP contribution in [0.1, 0.15) is 44.6 Å². The van der Waals surface area contributed by atoms with E-state index < -0.39 is 0 Å². The second kappa shape index (κ2) is 7.04. The van der Waals surface area contributed by atoms with Crippen LogP contribution >= 0.6 is 11.6 Å². The molecule has 0 spiro atoms. The summed E-state index contributed by atoms with van der Waals surface area (Å²) in [7, 11) is 0. The number of halogens is 1. The van der Waals surface area contributed by atoms with Crippen LogP contribution in [-0.2, 0) is 6.42 Å². The van der Waals surface area contributed by atoms with Crippen molar-refractivity contribution in [3.63, 3.8) is 0 Å². The quantitative estimate of drug-likeness (QED) is 0.536. The van der Waals surface area contributed by atoms with E-state index in [2.05, 4.69) is 36.1 Å². The van der Waals surface area contributed by atoms with Crippen molar-refractivity contribution < 1.29 is 0 Å². The summed E-state index contributed by atoms with van der Waals surface area (Å²) in [5.74, 6) is 0.808. The summed E-state index contributed by atoms with van der Waals surface area (Å²) in [6.07, 6.45) is 7.55. The summed E-state index contributed by atoms with van der Waals surface area (Å²) in [4.78, 5) is 2.60. The fourth-order valence-corrected chi connectivity index (χ4v) is 3.02. The van der Waals surface area contributed by atoms with Crippen molar-refractivity contribution in [2.75, 3.05) is 17.3 Å². The van der Waals surface area contributed by atoms with Crippen LogP contribution in [0.5, 0.6) is 0 Å². The third-order valence-corrected chi connectivity index (χ3v) is 4.21. The van der Waals surface area contributed by atoms with Gasteiger partial charge in [-0.15, -0.1) is 11.6 Å². The molecule has 0 N–H and O–H groups in total. The van der Waals surface area contributed by atoms with Gasteiger partial charge in [0.15, 0.2) is 0 Å². The number of alkyl halides is 1. The number of para-hydroxylation sites is 1. The molecule has 2 heteroatoms. The molecular formula is C16H24ClN. The van der Waals surface area contributed by atoms with Gasteiger partial charge in [0.1, 0.15) is 0 Å². The highest BCUT2D eigenvalue weighted by atomic mass is 35.5. The Morgan fingerprint density at radius 1 is 1.17 bits per heavy atom. The fourth-order valence-electron chi connectivity index (χ4n) is 2.83. The van der Waals surface area contributed by atoms with Gasteiger partial charge in [-0.3, -0.25) is 0 Å². The molecule has 1 nitrogen and oxygen atoms in total. The zero-order chi connectivity index (χ0) is 12.8. The van der Waals surface area contributed by atoms with Crippen LogP contribution in [0.25, 0.3) is 0 Å². The Morgan fingerprint density at radius 3 is 2.78 bits per heavy atom. The molecule has 0 saturated carbocycles. The molecule has 100 valence electrons. The molecule has 0 fully saturated rings. The highest BCUT2D eigenvalue weighted by molar-refractivity contribution is 6.17. The molecule has 0 aromatic heterocycles. The van der Waals surface area contributed by atoms with Crippen LogP contribution in [0.4, 0.5) is 5.69 Å². The SMILES string of the molecule is CC1CCc2ccccc2N1CCCCCCCl. The zero-order valence-corrected chi connectivity index (χ0v) is 12.1. The third kappa shape index (κ3) is 3.41. The van der Waals surface area contributed by atoms with Crippen LogP contribution < -0.4 is 4.90 Å². The van der Waals surface area contributed by atoms with Crippen LogP contribution in [0.2, 0.25) is 0 Å². The summed E-state index contributed by atoms with van der Waals surface area (Å²) in [6, 6.07) is 9.57. The van der Waals surface area contributed by atoms with E-state index in [0.717, 1.165) is 12.3 Å². The summed E-state index contributed by atoms with van der Waals surface area (Å²) < 4.78 is 0. The molecule has 1 aromatic rings. The molecule has 1 aliphatic rings. The lowest BCUT2D eigenvalue weighted by Gasteiger charge is -2.37. The standard InChI is InChI=1S/C16H24ClN/c1-14-10-11-15-8-4-5-9-16(15)18(14)13-7-3-2-6-12-17/h4-5,8-9,14H,2-3,6-7,10-13H2,1H3. The molecule has 18 heavy (non-hydrogen) atoms. The van der Waals surface area contributed by atoms with Gasteiger partial charge in [0.05, 0.1) is 0 Å². The smallest absolute Gasteiger partial charge is 0.0401 e. The molecule has 0 amide bonds. The van der Waals surface area contributed by atoms with Gasteiger partial charge in [-0.1, -0.05) is 31.0 Å². The van der Waals surface area contributed by atoms with E-state index in [-0.39, 0.29) is 0 Å². The summed E-state index contributed by atoms with van der Waals surface area (Å²) in [5.41, 5.74) is 2.99. The van der Waals surface area contributed by atoms with Gasteiger partial charge >= 0.3 is 0 Å². The van der Waals surface area contributed by atoms with Crippen molar-refractivity contribution in [2.24, 2.45) is 0 Å². The Kier molecular flexibility index (Phi) is 5.37. The monoisotopic (exact) mass is 265 g/mol. The molecule has 1 atom stereocenters. The Balaban J connectivity index is 1.90. The second-order valence-corrected chi connectivity index (χ2v) is 5.69. The molecule has 1 heterocycles. The second-order valence-electron chi connectivity index (χ2n) is 5.31. The van der Waals surface area contributed by atoms with Crippen LogP contribution in [-0.4, -0.2) is 18.5 Å². The summed E-state index contributed by atoms with van der Waals surface area (Å²) >= 11 is 5.71. The Hall–Kier alpha value is -0.690. The van der Waals surface area contributed by atoms with Gasteiger partial charge in [0.2, 0.25) is 0 Å². The largest absolute Gasteiger partial charge is 0.369 e. The first-order chi connectivity index (χ1) is 8.83. The minimum absolute atomic E-state index is 0.688. The van der Waals surface area contributed by atoms with E-state index in [1.807, 2.05) is 0 Å². The first kappa shape index (κ1) is 13.7. The average molecular weight is 266 g/mol. The van der Waals surface area contributed by atoms with Crippen LogP contribution in [0.15, 0.2) is 24.3 Å². The normalized spacial score (nSPS) is 18.8. The van der Waals surface area contributed by atoms with Gasteiger partial charge in [0.25, 0.3) is 0 Å². The van der Waals surface area contributed by atoms with Crippen molar-refractivity contribution in [3.05, 3.63) is 29.8 Å². The predicted octanol–water partition coefficient (Wildman–Crippen LogP) is 4.63. The van der Waals surface area contributed by atoms with Crippen molar-refractivity contribution in [1.29, 1.82) is 0 Å². The van der Waals surface area contributed by atoms with Crippen molar-refractivity contribution in [3.8, 4) is 0 Å². The number of unbranched alkanes of at least 4 members (excludes halogenated alkanes) is 3. The predicted molar refractivity (Wildman–Crippen MR) is 80.8 cm³/mol. The Bertz CT molecular complexity index is 364. The maximum atomic E-state index is 5.71. The lowest BCUT2D eigenvalue weighted by atomic mass is 9.96. The minimum Gasteiger partial charge on any atom is -0.369 e. The van der Waals surface area contributed by atoms with E-state index in [4.69, 9.17) is 11.6 Å². The van der Waals surface area contributed by atoms with Gasteiger partial charge in [0, 0.05) is 24.2 Å². The highest BCUT2D eigenvalue weighted by Crippen LogP contribution is 2.30. The average Bonchev–Trinajstić information content (AvgIpc) is 2.41. The highest BCUT2D eigenvalue weighted by Gasteiger charge is 2.21.